The molecule has 19 heavy (non-hydrogen) atoms. The summed E-state index contributed by atoms with van der Waals surface area (Å²) in [6, 6.07) is 6.88. The summed E-state index contributed by atoms with van der Waals surface area (Å²) in [4.78, 5) is 2.14. The molecule has 0 aliphatic heterocycles. The molecule has 3 nitrogen and oxygen atoms in total. The Bertz CT molecular complexity index is 394. The van der Waals surface area contributed by atoms with E-state index < -0.39 is 0 Å². The van der Waals surface area contributed by atoms with Crippen molar-refractivity contribution in [1.29, 1.82) is 0 Å². The van der Waals surface area contributed by atoms with E-state index in [9.17, 15) is 0 Å². The number of nitrogens with one attached hydrogen (secondary N) is 1. The zero-order valence-electron chi connectivity index (χ0n) is 12.3. The zero-order valence-corrected chi connectivity index (χ0v) is 13.0. The first-order valence-corrected chi connectivity index (χ1v) is 7.22. The molecule has 0 aliphatic carbocycles. The molecule has 4 heteroatoms. The number of hydrogen-bond donors (Lipinski definition) is 2. The van der Waals surface area contributed by atoms with Gasteiger partial charge in [0.25, 0.3) is 0 Å². The Morgan fingerprint density at radius 2 is 1.95 bits per heavy atom. The van der Waals surface area contributed by atoms with Crippen molar-refractivity contribution in [2.45, 2.75) is 46.3 Å². The minimum absolute atomic E-state index is 0.145. The molecular weight excluding hydrogens is 260 g/mol. The van der Waals surface area contributed by atoms with Crippen molar-refractivity contribution < 1.29 is 5.11 Å². The number of rotatable bonds is 7. The summed E-state index contributed by atoms with van der Waals surface area (Å²) in [7, 11) is 0. The van der Waals surface area contributed by atoms with Gasteiger partial charge in [-0.15, -0.1) is 0 Å². The molecule has 0 saturated carbocycles. The fraction of sp³-hybridized carbons (Fsp3) is 0.600. The van der Waals surface area contributed by atoms with Crippen molar-refractivity contribution >= 4 is 17.3 Å². The molecule has 0 heterocycles. The molecule has 0 spiro atoms. The minimum atomic E-state index is 0.145. The van der Waals surface area contributed by atoms with Gasteiger partial charge in [0.2, 0.25) is 0 Å². The van der Waals surface area contributed by atoms with E-state index in [1.807, 2.05) is 6.07 Å². The summed E-state index contributed by atoms with van der Waals surface area (Å²) in [5.41, 5.74) is 2.16. The molecule has 108 valence electrons. The van der Waals surface area contributed by atoms with Crippen LogP contribution in [0.15, 0.2) is 18.2 Å². The largest absolute Gasteiger partial charge is 0.395 e. The lowest BCUT2D eigenvalue weighted by Crippen LogP contribution is -2.33. The van der Waals surface area contributed by atoms with E-state index in [1.54, 1.807) is 0 Å². The normalized spacial score (nSPS) is 11.4. The fourth-order valence-electron chi connectivity index (χ4n) is 1.97. The van der Waals surface area contributed by atoms with Crippen LogP contribution in [0.25, 0.3) is 0 Å². The van der Waals surface area contributed by atoms with E-state index in [0.717, 1.165) is 22.8 Å². The van der Waals surface area contributed by atoms with E-state index in [0.29, 0.717) is 18.6 Å². The van der Waals surface area contributed by atoms with Gasteiger partial charge in [-0.3, -0.25) is 0 Å². The lowest BCUT2D eigenvalue weighted by Gasteiger charge is -2.28. The highest BCUT2D eigenvalue weighted by atomic mass is 35.5. The molecule has 0 radical (unpaired) electrons. The Balaban J connectivity index is 2.85. The lowest BCUT2D eigenvalue weighted by molar-refractivity contribution is 0.299. The molecule has 1 rings (SSSR count). The summed E-state index contributed by atoms with van der Waals surface area (Å²) < 4.78 is 0. The maximum Gasteiger partial charge on any atom is 0.0606 e. The van der Waals surface area contributed by atoms with Crippen molar-refractivity contribution in [3.63, 3.8) is 0 Å². The van der Waals surface area contributed by atoms with Crippen molar-refractivity contribution in [3.8, 4) is 0 Å². The predicted molar refractivity (Wildman–Crippen MR) is 83.0 cm³/mol. The van der Waals surface area contributed by atoms with Gasteiger partial charge in [0.05, 0.1) is 6.61 Å². The molecule has 0 saturated heterocycles. The third-order valence-electron chi connectivity index (χ3n) is 3.03. The zero-order chi connectivity index (χ0) is 14.4. The van der Waals surface area contributed by atoms with E-state index in [-0.39, 0.29) is 6.61 Å². The first-order valence-electron chi connectivity index (χ1n) is 6.85. The molecule has 0 aromatic heterocycles. The van der Waals surface area contributed by atoms with Crippen LogP contribution in [0.1, 0.15) is 33.3 Å². The second-order valence-corrected chi connectivity index (χ2v) is 5.73. The Kier molecular flexibility index (Phi) is 6.63. The first-order chi connectivity index (χ1) is 8.95. The monoisotopic (exact) mass is 284 g/mol. The Morgan fingerprint density at radius 1 is 1.26 bits per heavy atom. The van der Waals surface area contributed by atoms with Crippen LogP contribution in [0, 0.1) is 0 Å². The van der Waals surface area contributed by atoms with Gasteiger partial charge in [-0.2, -0.15) is 0 Å². The highest BCUT2D eigenvalue weighted by molar-refractivity contribution is 6.31. The van der Waals surface area contributed by atoms with Crippen molar-refractivity contribution in [3.05, 3.63) is 28.8 Å². The Morgan fingerprint density at radius 3 is 2.42 bits per heavy atom. The third-order valence-corrected chi connectivity index (χ3v) is 3.39. The van der Waals surface area contributed by atoms with Crippen molar-refractivity contribution in [1.82, 2.24) is 5.32 Å². The van der Waals surface area contributed by atoms with Crippen LogP contribution >= 0.6 is 11.6 Å². The number of aliphatic hydroxyl groups excluding tert-OH is 1. The Hall–Kier alpha value is -0.770. The summed E-state index contributed by atoms with van der Waals surface area (Å²) in [5, 5.41) is 13.3. The highest BCUT2D eigenvalue weighted by Crippen LogP contribution is 2.25. The smallest absolute Gasteiger partial charge is 0.0606 e. The molecule has 1 aromatic rings. The van der Waals surface area contributed by atoms with Crippen LogP contribution in [0.2, 0.25) is 5.02 Å². The number of halogens is 1. The minimum Gasteiger partial charge on any atom is -0.395 e. The summed E-state index contributed by atoms with van der Waals surface area (Å²) in [6.07, 6.45) is 0. The maximum absolute atomic E-state index is 9.13. The SMILES string of the molecule is CC(C)NCc1ccc(N(CCO)C(C)C)cc1Cl. The van der Waals surface area contributed by atoms with Crippen LogP contribution in [0.4, 0.5) is 5.69 Å². The molecule has 0 fully saturated rings. The lowest BCUT2D eigenvalue weighted by atomic mass is 10.1. The highest BCUT2D eigenvalue weighted by Gasteiger charge is 2.11. The van der Waals surface area contributed by atoms with Crippen LogP contribution in [-0.2, 0) is 6.54 Å². The molecule has 0 bridgehead atoms. The van der Waals surface area contributed by atoms with E-state index in [1.165, 1.54) is 0 Å². The van der Waals surface area contributed by atoms with Crippen molar-refractivity contribution in [2.24, 2.45) is 0 Å². The maximum atomic E-state index is 9.13. The number of anilines is 1. The van der Waals surface area contributed by atoms with E-state index >= 15 is 0 Å². The van der Waals surface area contributed by atoms with E-state index in [2.05, 4.69) is 50.0 Å². The average molecular weight is 285 g/mol. The molecule has 1 aromatic carbocycles. The van der Waals surface area contributed by atoms with Crippen molar-refractivity contribution in [2.75, 3.05) is 18.1 Å². The number of nitrogens with zero attached hydrogens (tertiary/aromatic N) is 1. The van der Waals surface area contributed by atoms with Gasteiger partial charge in [0.1, 0.15) is 0 Å². The quantitative estimate of drug-likeness (QED) is 0.808. The fourth-order valence-corrected chi connectivity index (χ4v) is 2.21. The summed E-state index contributed by atoms with van der Waals surface area (Å²) in [6.45, 7) is 9.99. The van der Waals surface area contributed by atoms with Gasteiger partial charge in [-0.05, 0) is 31.5 Å². The third kappa shape index (κ3) is 5.01. The Labute approximate surface area is 121 Å². The van der Waals surface area contributed by atoms with Crippen LogP contribution in [0.5, 0.6) is 0 Å². The average Bonchev–Trinajstić information content (AvgIpc) is 2.33. The summed E-state index contributed by atoms with van der Waals surface area (Å²) in [5.74, 6) is 0. The molecule has 2 N–H and O–H groups in total. The standard InChI is InChI=1S/C15H25ClN2O/c1-11(2)17-10-13-5-6-14(9-15(13)16)18(7-8-19)12(3)4/h5-6,9,11-12,17,19H,7-8,10H2,1-4H3. The number of aliphatic hydroxyl groups is 1. The van der Waals surface area contributed by atoms with Crippen LogP contribution < -0.4 is 10.2 Å². The predicted octanol–water partition coefficient (Wildman–Crippen LogP) is 3.05. The number of benzene rings is 1. The van der Waals surface area contributed by atoms with Crippen LogP contribution in [0.3, 0.4) is 0 Å². The van der Waals surface area contributed by atoms with Gasteiger partial charge < -0.3 is 15.3 Å². The van der Waals surface area contributed by atoms with Gasteiger partial charge in [-0.1, -0.05) is 31.5 Å². The van der Waals surface area contributed by atoms with Gasteiger partial charge in [0, 0.05) is 35.9 Å². The van der Waals surface area contributed by atoms with E-state index in [4.69, 9.17) is 16.7 Å². The van der Waals surface area contributed by atoms with Gasteiger partial charge in [-0.25, -0.2) is 0 Å². The van der Waals surface area contributed by atoms with Gasteiger partial charge in [0.15, 0.2) is 0 Å². The molecule has 0 unspecified atom stereocenters. The topological polar surface area (TPSA) is 35.5 Å². The molecule has 0 atom stereocenters. The second-order valence-electron chi connectivity index (χ2n) is 5.32. The van der Waals surface area contributed by atoms with Crippen LogP contribution in [-0.4, -0.2) is 30.3 Å². The van der Waals surface area contributed by atoms with Gasteiger partial charge >= 0.3 is 0 Å². The molecular formula is C15H25ClN2O. The summed E-state index contributed by atoms with van der Waals surface area (Å²) >= 11 is 6.33. The number of hydrogen-bond acceptors (Lipinski definition) is 3. The first kappa shape index (κ1) is 16.3. The molecule has 0 amide bonds. The molecule has 0 aliphatic rings. The second kappa shape index (κ2) is 7.73.